The van der Waals surface area contributed by atoms with Gasteiger partial charge in [-0.2, -0.15) is 0 Å². The van der Waals surface area contributed by atoms with Crippen LogP contribution in [0, 0.1) is 0 Å². The number of esters is 2. The Kier molecular flexibility index (Phi) is 73.9. The molecule has 0 amide bonds. The van der Waals surface area contributed by atoms with Gasteiger partial charge in [0.1, 0.15) is 6.61 Å². The van der Waals surface area contributed by atoms with E-state index in [1.807, 2.05) is 0 Å². The molecule has 0 radical (unpaired) electrons. The van der Waals surface area contributed by atoms with Crippen LogP contribution in [0.4, 0.5) is 0 Å². The van der Waals surface area contributed by atoms with Gasteiger partial charge in [0.15, 0.2) is 6.10 Å². The zero-order valence-corrected chi connectivity index (χ0v) is 60.7. The first-order valence-corrected chi connectivity index (χ1v) is 40.6. The van der Waals surface area contributed by atoms with E-state index in [2.05, 4.69) is 98.9 Å². The van der Waals surface area contributed by atoms with Crippen LogP contribution in [0.5, 0.6) is 0 Å². The molecule has 0 aliphatic rings. The van der Waals surface area contributed by atoms with Gasteiger partial charge in [-0.1, -0.05) is 369 Å². The molecule has 91 heavy (non-hydrogen) atoms. The quantitative estimate of drug-likeness (QED) is 0.0264. The van der Waals surface area contributed by atoms with Gasteiger partial charge in [-0.25, -0.2) is 4.57 Å². The number of nitrogens with two attached hydrogens (primary N) is 1. The molecule has 0 saturated carbocycles. The minimum Gasteiger partial charge on any atom is -0.462 e. The highest BCUT2D eigenvalue weighted by molar-refractivity contribution is 7.47. The Hall–Kier alpha value is -2.81. The zero-order chi connectivity index (χ0) is 65.8. The van der Waals surface area contributed by atoms with Gasteiger partial charge in [0.2, 0.25) is 0 Å². The van der Waals surface area contributed by atoms with E-state index in [1.54, 1.807) is 0 Å². The Bertz CT molecular complexity index is 1770. The highest BCUT2D eigenvalue weighted by atomic mass is 31.2. The van der Waals surface area contributed by atoms with E-state index >= 15 is 0 Å². The lowest BCUT2D eigenvalue weighted by molar-refractivity contribution is -0.161. The van der Waals surface area contributed by atoms with Crippen LogP contribution in [0.15, 0.2) is 85.1 Å². The van der Waals surface area contributed by atoms with Crippen LogP contribution in [0.25, 0.3) is 0 Å². The second-order valence-corrected chi connectivity index (χ2v) is 27.7. The van der Waals surface area contributed by atoms with Crippen molar-refractivity contribution >= 4 is 19.8 Å². The first-order chi connectivity index (χ1) is 44.8. The predicted molar refractivity (Wildman–Crippen MR) is 395 cm³/mol. The van der Waals surface area contributed by atoms with Crippen molar-refractivity contribution in [2.45, 2.75) is 392 Å². The van der Waals surface area contributed by atoms with Crippen LogP contribution in [0.2, 0.25) is 0 Å². The maximum atomic E-state index is 12.8. The topological polar surface area (TPSA) is 134 Å². The number of rotatable bonds is 74. The molecule has 10 heteroatoms. The van der Waals surface area contributed by atoms with Crippen molar-refractivity contribution in [3.05, 3.63) is 85.1 Å². The van der Waals surface area contributed by atoms with Crippen molar-refractivity contribution in [1.82, 2.24) is 0 Å². The largest absolute Gasteiger partial charge is 0.472 e. The summed E-state index contributed by atoms with van der Waals surface area (Å²) in [7, 11) is -4.40. The summed E-state index contributed by atoms with van der Waals surface area (Å²) < 4.78 is 33.3. The van der Waals surface area contributed by atoms with Crippen LogP contribution in [-0.2, 0) is 32.7 Å². The minimum absolute atomic E-state index is 0.0533. The number of ether oxygens (including phenoxy) is 2. The molecule has 0 heterocycles. The molecule has 0 saturated heterocycles. The van der Waals surface area contributed by atoms with Crippen molar-refractivity contribution < 1.29 is 37.6 Å². The smallest absolute Gasteiger partial charge is 0.462 e. The molecule has 0 spiro atoms. The molecule has 0 aliphatic carbocycles. The first-order valence-electron chi connectivity index (χ1n) is 39.1. The highest BCUT2D eigenvalue weighted by Crippen LogP contribution is 2.43. The monoisotopic (exact) mass is 1290 g/mol. The fourth-order valence-corrected chi connectivity index (χ4v) is 12.3. The highest BCUT2D eigenvalue weighted by Gasteiger charge is 2.26. The standard InChI is InChI=1S/C81H148NO8P/c1-3-5-7-9-11-13-15-17-19-21-23-25-27-29-31-33-35-37-39-41-43-45-47-49-51-53-55-57-59-61-63-65-67-69-71-73-80(83)87-77-79(78-89-91(85,86)88-76-75-82)90-81(84)74-72-70-68-66-64-62-60-58-56-54-52-50-48-46-44-42-40-38-36-34-32-30-28-26-24-22-20-18-16-14-12-10-8-6-4-2/h6,8,12,14,18,20-21,23-24,26,30,32,36,38,79H,3-5,7,9-11,13,15-17,19,22,25,27-29,31,33-35,37,39-78,82H2,1-2H3,(H,85,86)/b8-6-,14-12-,20-18-,23-21-,26-24-,32-30-,38-36-. The Morgan fingerprint density at radius 3 is 0.912 bits per heavy atom. The molecule has 530 valence electrons. The van der Waals surface area contributed by atoms with Crippen LogP contribution < -0.4 is 5.73 Å². The zero-order valence-electron chi connectivity index (χ0n) is 59.8. The number of hydrogen-bond acceptors (Lipinski definition) is 8. The summed E-state index contributed by atoms with van der Waals surface area (Å²) >= 11 is 0. The van der Waals surface area contributed by atoms with Gasteiger partial charge in [-0.15, -0.1) is 0 Å². The lowest BCUT2D eigenvalue weighted by Crippen LogP contribution is -2.29. The van der Waals surface area contributed by atoms with Gasteiger partial charge in [-0.05, 0) is 89.9 Å². The van der Waals surface area contributed by atoms with E-state index in [4.69, 9.17) is 24.3 Å². The number of allylic oxidation sites excluding steroid dienone is 14. The van der Waals surface area contributed by atoms with E-state index in [1.165, 1.54) is 276 Å². The van der Waals surface area contributed by atoms with Crippen molar-refractivity contribution in [3.63, 3.8) is 0 Å². The molecule has 9 nitrogen and oxygen atoms in total. The molecule has 0 bridgehead atoms. The lowest BCUT2D eigenvalue weighted by atomic mass is 10.0. The summed E-state index contributed by atoms with van der Waals surface area (Å²) in [6.45, 7) is 3.69. The van der Waals surface area contributed by atoms with Gasteiger partial charge in [0, 0.05) is 19.4 Å². The van der Waals surface area contributed by atoms with E-state index in [9.17, 15) is 19.0 Å². The summed E-state index contributed by atoms with van der Waals surface area (Å²) in [6.07, 6.45) is 103. The van der Waals surface area contributed by atoms with Crippen LogP contribution in [0.1, 0.15) is 386 Å². The van der Waals surface area contributed by atoms with Crippen molar-refractivity contribution in [1.29, 1.82) is 0 Å². The third kappa shape index (κ3) is 76.1. The molecule has 0 aliphatic heterocycles. The van der Waals surface area contributed by atoms with Crippen LogP contribution in [0.3, 0.4) is 0 Å². The number of phosphoric acid groups is 1. The van der Waals surface area contributed by atoms with Gasteiger partial charge >= 0.3 is 19.8 Å². The molecule has 0 fully saturated rings. The summed E-state index contributed by atoms with van der Waals surface area (Å²) in [4.78, 5) is 35.4. The molecular weight excluding hydrogens is 1150 g/mol. The van der Waals surface area contributed by atoms with Gasteiger partial charge in [0.25, 0.3) is 0 Å². The first kappa shape index (κ1) is 88.2. The maximum absolute atomic E-state index is 12.8. The molecule has 0 aromatic heterocycles. The molecule has 0 aromatic carbocycles. The third-order valence-corrected chi connectivity index (χ3v) is 18.2. The van der Waals surface area contributed by atoms with Gasteiger partial charge in [0.05, 0.1) is 13.2 Å². The number of hydrogen-bond donors (Lipinski definition) is 2. The fraction of sp³-hybridized carbons (Fsp3) is 0.802. The van der Waals surface area contributed by atoms with Crippen LogP contribution >= 0.6 is 7.82 Å². The van der Waals surface area contributed by atoms with Crippen LogP contribution in [-0.4, -0.2) is 49.3 Å². The normalized spacial score (nSPS) is 13.3. The number of carbonyl (C=O) groups is 2. The average Bonchev–Trinajstić information content (AvgIpc) is 3.68. The fourth-order valence-electron chi connectivity index (χ4n) is 11.5. The van der Waals surface area contributed by atoms with Crippen molar-refractivity contribution in [2.24, 2.45) is 5.73 Å². The number of carbonyl (C=O) groups excluding carboxylic acids is 2. The van der Waals surface area contributed by atoms with Crippen molar-refractivity contribution in [2.75, 3.05) is 26.4 Å². The summed E-state index contributed by atoms with van der Waals surface area (Å²) in [5.74, 6) is -0.810. The minimum atomic E-state index is -4.40. The molecule has 0 aromatic rings. The van der Waals surface area contributed by atoms with E-state index in [-0.39, 0.29) is 38.6 Å². The lowest BCUT2D eigenvalue weighted by Gasteiger charge is -2.19. The van der Waals surface area contributed by atoms with Gasteiger partial charge in [-0.3, -0.25) is 18.6 Å². The van der Waals surface area contributed by atoms with E-state index in [0.29, 0.717) is 6.42 Å². The predicted octanol–water partition coefficient (Wildman–Crippen LogP) is 26.1. The Morgan fingerprint density at radius 1 is 0.341 bits per heavy atom. The molecule has 2 unspecified atom stereocenters. The maximum Gasteiger partial charge on any atom is 0.472 e. The summed E-state index contributed by atoms with van der Waals surface area (Å²) in [5.41, 5.74) is 5.41. The van der Waals surface area contributed by atoms with Crippen molar-refractivity contribution in [3.8, 4) is 0 Å². The number of unbranched alkanes of at least 4 members (excludes halogenated alkanes) is 47. The summed E-state index contributed by atoms with van der Waals surface area (Å²) in [5, 5.41) is 0. The molecule has 2 atom stereocenters. The summed E-state index contributed by atoms with van der Waals surface area (Å²) in [6, 6.07) is 0. The molecular formula is C81H148NO8P. The van der Waals surface area contributed by atoms with Gasteiger partial charge < -0.3 is 20.1 Å². The Labute approximate surface area is 564 Å². The average molecular weight is 1300 g/mol. The number of phosphoric ester groups is 1. The van der Waals surface area contributed by atoms with E-state index in [0.717, 1.165) is 77.0 Å². The van der Waals surface area contributed by atoms with E-state index < -0.39 is 26.5 Å². The Balaban J connectivity index is 3.80. The SMILES string of the molecule is CC/C=C\C/C=C\C/C=C\C/C=C\C/C=C\C/C=C\CCCCCCCCCCCCCCCCCCC(=O)OC(COC(=O)CCCCCCCCCCCCCCCCCCCCCCCCC/C=C\CCCCCCCCCC)COP(=O)(O)OCCN. The Morgan fingerprint density at radius 2 is 0.604 bits per heavy atom. The second-order valence-electron chi connectivity index (χ2n) is 26.2. The molecule has 0 rings (SSSR count). The third-order valence-electron chi connectivity index (χ3n) is 17.3. The second kappa shape index (κ2) is 76.2. The molecule has 3 N–H and O–H groups in total.